The molecule has 1 saturated carbocycles. The number of carbonyl (C=O) groups excluding carboxylic acids is 2. The van der Waals surface area contributed by atoms with E-state index in [9.17, 15) is 9.59 Å². The summed E-state index contributed by atoms with van der Waals surface area (Å²) in [6.45, 7) is 2.05. The van der Waals surface area contributed by atoms with Gasteiger partial charge in [-0.2, -0.15) is 0 Å². The molecule has 1 amide bonds. The molecule has 0 saturated heterocycles. The Morgan fingerprint density at radius 3 is 3.07 bits per heavy atom. The van der Waals surface area contributed by atoms with Crippen molar-refractivity contribution in [2.24, 2.45) is 5.92 Å². The van der Waals surface area contributed by atoms with E-state index in [1.165, 1.54) is 6.08 Å². The third-order valence-electron chi connectivity index (χ3n) is 4.64. The first-order chi connectivity index (χ1) is 12.7. The molecule has 1 aromatic rings. The van der Waals surface area contributed by atoms with Crippen LogP contribution in [0.4, 0.5) is 0 Å². The molecule has 8 heteroatoms. The van der Waals surface area contributed by atoms with Gasteiger partial charge in [-0.15, -0.1) is 0 Å². The predicted molar refractivity (Wildman–Crippen MR) is 113 cm³/mol. The molecule has 1 aliphatic carbocycles. The van der Waals surface area contributed by atoms with E-state index in [0.29, 0.717) is 23.6 Å². The minimum absolute atomic E-state index is 0. The summed E-state index contributed by atoms with van der Waals surface area (Å²) in [7, 11) is 4.87. The number of hydrogen-bond donors (Lipinski definition) is 0. The summed E-state index contributed by atoms with van der Waals surface area (Å²) < 4.78 is 5.06. The maximum absolute atomic E-state index is 13.0. The van der Waals surface area contributed by atoms with Gasteiger partial charge in [0.2, 0.25) is 0 Å². The fourth-order valence-electron chi connectivity index (χ4n) is 3.59. The quantitative estimate of drug-likeness (QED) is 0.103. The standard InChI is InChI=1S/C19H20N2O3PS.Tl.2H/c1-2-24-17(22)12-16-15-7-4-9-20-18(15)19(23)21(16)14-6-3-5-13(11-14)8-10-26-25;;;/h4,7,9,12-14,26H,2-3,5-6,11H2,1H3;;;/q-1;;;/b16-12+;;;. The maximum atomic E-state index is 13.0. The summed E-state index contributed by atoms with van der Waals surface area (Å²) in [5, 5.41) is 3.00. The Morgan fingerprint density at radius 2 is 2.33 bits per heavy atom. The predicted octanol–water partition coefficient (Wildman–Crippen LogP) is 2.19. The number of aromatic nitrogens is 1. The van der Waals surface area contributed by atoms with E-state index >= 15 is 0 Å². The van der Waals surface area contributed by atoms with Crippen molar-refractivity contribution in [1.29, 1.82) is 0 Å². The number of hydrogen-bond acceptors (Lipinski definition) is 5. The number of amides is 1. The SMILES string of the molecule is CCOC(=O)/C=C1\c2cccnc2C(=O)N1C1CCCC(C#C[SH-]#P)C1.[TlH2]. The Labute approximate surface area is 184 Å². The first kappa shape index (κ1) is 22.4. The zero-order valence-corrected chi connectivity index (χ0v) is 25.1. The fraction of sp³-hybridized carbons (Fsp3) is 0.421. The van der Waals surface area contributed by atoms with Crippen LogP contribution >= 0.6 is 7.81 Å². The normalized spacial score (nSPS) is 22.4. The summed E-state index contributed by atoms with van der Waals surface area (Å²) in [6.07, 6.45) is 6.71. The number of esters is 1. The van der Waals surface area contributed by atoms with E-state index < -0.39 is 5.97 Å². The molecule has 3 rings (SSSR count). The van der Waals surface area contributed by atoms with Gasteiger partial charge in [0.1, 0.15) is 0 Å². The topological polar surface area (TPSA) is 59.5 Å². The van der Waals surface area contributed by atoms with Gasteiger partial charge in [0.15, 0.2) is 0 Å². The van der Waals surface area contributed by atoms with Crippen LogP contribution in [-0.2, 0) is 20.3 Å². The van der Waals surface area contributed by atoms with Crippen molar-refractivity contribution in [2.45, 2.75) is 38.6 Å². The van der Waals surface area contributed by atoms with E-state index in [1.807, 2.05) is 6.07 Å². The van der Waals surface area contributed by atoms with Crippen LogP contribution in [0.25, 0.3) is 5.70 Å². The van der Waals surface area contributed by atoms with Crippen molar-refractivity contribution in [3.63, 3.8) is 0 Å². The Hall–Kier alpha value is -0.908. The van der Waals surface area contributed by atoms with Crippen molar-refractivity contribution < 1.29 is 14.3 Å². The molecule has 0 aromatic carbocycles. The Bertz CT molecular complexity index is 872. The molecular formula is C19H22N2O3PSTl-. The summed E-state index contributed by atoms with van der Waals surface area (Å²) in [4.78, 5) is 31.0. The second kappa shape index (κ2) is 10.6. The molecule has 0 bridgehead atoms. The van der Waals surface area contributed by atoms with E-state index in [0.717, 1.165) is 36.4 Å². The minimum atomic E-state index is -0.446. The molecule has 141 valence electrons. The third kappa shape index (κ3) is 5.13. The molecule has 27 heavy (non-hydrogen) atoms. The van der Waals surface area contributed by atoms with Crippen LogP contribution in [-0.4, -0.2) is 61.7 Å². The van der Waals surface area contributed by atoms with Gasteiger partial charge in [-0.3, -0.25) is 0 Å². The van der Waals surface area contributed by atoms with Gasteiger partial charge in [-0.25, -0.2) is 0 Å². The number of nitrogens with zero attached hydrogens (tertiary/aromatic N) is 2. The molecule has 1 radical (unpaired) electrons. The molecule has 2 unspecified atom stereocenters. The monoisotopic (exact) mass is 594 g/mol. The Morgan fingerprint density at radius 1 is 1.52 bits per heavy atom. The second-order valence-electron chi connectivity index (χ2n) is 6.23. The van der Waals surface area contributed by atoms with Crippen LogP contribution in [0.3, 0.4) is 0 Å². The van der Waals surface area contributed by atoms with Gasteiger partial charge >= 0.3 is 179 Å². The second-order valence-corrected chi connectivity index (χ2v) is 7.25. The van der Waals surface area contributed by atoms with Gasteiger partial charge in [-0.05, 0) is 6.92 Å². The van der Waals surface area contributed by atoms with Crippen LogP contribution in [0.2, 0.25) is 0 Å². The molecular weight excluding hydrogens is 572 g/mol. The van der Waals surface area contributed by atoms with Crippen molar-refractivity contribution in [2.75, 3.05) is 6.61 Å². The van der Waals surface area contributed by atoms with E-state index in [1.54, 1.807) is 24.1 Å². The zero-order valence-electron chi connectivity index (χ0n) is 15.5. The van der Waals surface area contributed by atoms with Gasteiger partial charge < -0.3 is 0 Å². The number of rotatable bonds is 3. The number of thiol groups is 1. The molecule has 1 aliphatic heterocycles. The molecule has 1 aromatic heterocycles. The fourth-order valence-corrected chi connectivity index (χ4v) is 4.00. The molecule has 2 aliphatic rings. The Balaban J connectivity index is 0.00000261. The first-order valence-corrected chi connectivity index (χ1v) is 10.7. The molecule has 2 heterocycles. The van der Waals surface area contributed by atoms with Crippen LogP contribution < -0.4 is 0 Å². The van der Waals surface area contributed by atoms with Crippen molar-refractivity contribution >= 4 is 63.4 Å². The Kier molecular flexibility index (Phi) is 8.78. The van der Waals surface area contributed by atoms with Crippen LogP contribution in [0.1, 0.15) is 48.7 Å². The molecule has 0 N–H and O–H groups in total. The summed E-state index contributed by atoms with van der Waals surface area (Å²) in [5.74, 6) is 2.87. The van der Waals surface area contributed by atoms with Crippen LogP contribution in [0.5, 0.6) is 0 Å². The molecule has 0 spiro atoms. The number of carbonyl (C=O) groups is 2. The third-order valence-corrected chi connectivity index (χ3v) is 5.17. The number of pyridine rings is 1. The summed E-state index contributed by atoms with van der Waals surface area (Å²) in [6, 6.07) is 3.60. The molecule has 1 fully saturated rings. The average molecular weight is 594 g/mol. The van der Waals surface area contributed by atoms with Crippen molar-refractivity contribution in [1.82, 2.24) is 9.88 Å². The molecule has 5 nitrogen and oxygen atoms in total. The van der Waals surface area contributed by atoms with E-state index in [-0.39, 0.29) is 45.2 Å². The summed E-state index contributed by atoms with van der Waals surface area (Å²) in [5.41, 5.74) is 1.67. The zero-order chi connectivity index (χ0) is 18.5. The van der Waals surface area contributed by atoms with Gasteiger partial charge in [-0.1, -0.05) is 0 Å². The van der Waals surface area contributed by atoms with Crippen molar-refractivity contribution in [3.05, 3.63) is 35.7 Å². The van der Waals surface area contributed by atoms with E-state index in [4.69, 9.17) is 4.74 Å². The summed E-state index contributed by atoms with van der Waals surface area (Å²) >= 11 is 0. The number of fused-ring (bicyclic) bond motifs is 1. The van der Waals surface area contributed by atoms with Crippen LogP contribution in [0, 0.1) is 17.1 Å². The van der Waals surface area contributed by atoms with E-state index in [2.05, 4.69) is 24.0 Å². The van der Waals surface area contributed by atoms with Gasteiger partial charge in [0.25, 0.3) is 0 Å². The van der Waals surface area contributed by atoms with Crippen molar-refractivity contribution in [3.8, 4) is 11.2 Å². The average Bonchev–Trinajstić information content (AvgIpc) is 2.93. The van der Waals surface area contributed by atoms with Gasteiger partial charge in [0.05, 0.1) is 0 Å². The first-order valence-electron chi connectivity index (χ1n) is 8.67. The molecule has 2 atom stereocenters. The van der Waals surface area contributed by atoms with Gasteiger partial charge in [0, 0.05) is 0 Å². The number of ether oxygens (including phenoxy) is 1. The van der Waals surface area contributed by atoms with Crippen LogP contribution in [0.15, 0.2) is 24.4 Å².